The molecule has 3 aromatic heterocycles. The number of hydrogen-bond donors (Lipinski definition) is 1. The third-order valence-corrected chi connectivity index (χ3v) is 6.78. The average molecular weight is 477 g/mol. The smallest absolute Gasteiger partial charge is 0.317 e. The molecule has 0 spiro atoms. The standard InChI is InChI=1S/C21H18F3N5O3S/c1-28-17-12(6-7-15(26-17)21(22,23)24)19(31)29(20(28)32)9-8-16(30)27-18-13(10-25)11-4-2-3-5-14(11)33-18/h6-7H,2-5,8-9H2,1H3,(H,27,30). The first-order valence-corrected chi connectivity index (χ1v) is 11.0. The minimum atomic E-state index is -4.72. The van der Waals surface area contributed by atoms with Crippen molar-refractivity contribution in [1.29, 1.82) is 5.26 Å². The molecule has 172 valence electrons. The Labute approximate surface area is 188 Å². The quantitative estimate of drug-likeness (QED) is 0.621. The highest BCUT2D eigenvalue weighted by atomic mass is 32.1. The molecule has 0 saturated carbocycles. The van der Waals surface area contributed by atoms with Gasteiger partial charge in [-0.25, -0.2) is 9.78 Å². The minimum absolute atomic E-state index is 0.164. The second-order valence-electron chi connectivity index (χ2n) is 7.69. The summed E-state index contributed by atoms with van der Waals surface area (Å²) in [5.74, 6) is -0.482. The Balaban J connectivity index is 1.58. The number of aryl methyl sites for hydroxylation is 2. The van der Waals surface area contributed by atoms with E-state index in [1.54, 1.807) is 0 Å². The summed E-state index contributed by atoms with van der Waals surface area (Å²) >= 11 is 1.36. The monoisotopic (exact) mass is 477 g/mol. The molecular weight excluding hydrogens is 459 g/mol. The lowest BCUT2D eigenvalue weighted by Gasteiger charge is -2.12. The maximum atomic E-state index is 12.9. The number of halogens is 3. The van der Waals surface area contributed by atoms with Crippen LogP contribution in [0, 0.1) is 11.3 Å². The van der Waals surface area contributed by atoms with Crippen LogP contribution in [0.25, 0.3) is 11.0 Å². The molecule has 3 aromatic rings. The molecule has 0 unspecified atom stereocenters. The minimum Gasteiger partial charge on any atom is -0.317 e. The molecule has 0 aromatic carbocycles. The number of carbonyl (C=O) groups is 1. The van der Waals surface area contributed by atoms with Crippen LogP contribution in [0.2, 0.25) is 0 Å². The van der Waals surface area contributed by atoms with Gasteiger partial charge in [0.2, 0.25) is 5.91 Å². The fourth-order valence-electron chi connectivity index (χ4n) is 3.90. The Morgan fingerprint density at radius 1 is 1.27 bits per heavy atom. The molecule has 0 aliphatic heterocycles. The van der Waals surface area contributed by atoms with Crippen molar-refractivity contribution in [1.82, 2.24) is 14.1 Å². The number of aromatic nitrogens is 3. The molecule has 3 heterocycles. The molecule has 1 N–H and O–H groups in total. The molecule has 1 amide bonds. The predicted octanol–water partition coefficient (Wildman–Crippen LogP) is 2.95. The first kappa shape index (κ1) is 22.7. The van der Waals surface area contributed by atoms with Gasteiger partial charge < -0.3 is 5.32 Å². The van der Waals surface area contributed by atoms with Gasteiger partial charge in [0, 0.05) is 24.9 Å². The number of amides is 1. The molecule has 4 rings (SSSR count). The third kappa shape index (κ3) is 4.16. The summed E-state index contributed by atoms with van der Waals surface area (Å²) in [4.78, 5) is 42.3. The van der Waals surface area contributed by atoms with E-state index >= 15 is 0 Å². The van der Waals surface area contributed by atoms with Crippen LogP contribution < -0.4 is 16.6 Å². The van der Waals surface area contributed by atoms with Crippen molar-refractivity contribution in [3.8, 4) is 6.07 Å². The van der Waals surface area contributed by atoms with Crippen molar-refractivity contribution in [3.05, 3.63) is 54.7 Å². The van der Waals surface area contributed by atoms with E-state index in [0.29, 0.717) is 16.6 Å². The highest BCUT2D eigenvalue weighted by Gasteiger charge is 2.33. The SMILES string of the molecule is Cn1c(=O)n(CCC(=O)Nc2sc3c(c2C#N)CCCC3)c(=O)c2ccc(C(F)(F)F)nc21. The molecule has 1 aliphatic carbocycles. The first-order chi connectivity index (χ1) is 15.6. The Morgan fingerprint density at radius 2 is 2.00 bits per heavy atom. The Kier molecular flexibility index (Phi) is 5.84. The molecular formula is C21H18F3N5O3S. The molecule has 0 radical (unpaired) electrons. The molecule has 0 bridgehead atoms. The van der Waals surface area contributed by atoms with Gasteiger partial charge in [0.25, 0.3) is 5.56 Å². The van der Waals surface area contributed by atoms with Crippen LogP contribution in [0.3, 0.4) is 0 Å². The number of nitriles is 1. The van der Waals surface area contributed by atoms with Gasteiger partial charge in [-0.1, -0.05) is 0 Å². The summed E-state index contributed by atoms with van der Waals surface area (Å²) in [7, 11) is 1.21. The van der Waals surface area contributed by atoms with Crippen LogP contribution in [0.4, 0.5) is 18.2 Å². The second kappa shape index (κ2) is 8.47. The molecule has 0 fully saturated rings. The number of fused-ring (bicyclic) bond motifs is 2. The van der Waals surface area contributed by atoms with Gasteiger partial charge in [-0.15, -0.1) is 11.3 Å². The number of carbonyl (C=O) groups excluding carboxylic acids is 1. The number of alkyl halides is 3. The zero-order valence-corrected chi connectivity index (χ0v) is 18.3. The lowest BCUT2D eigenvalue weighted by atomic mass is 9.96. The van der Waals surface area contributed by atoms with Gasteiger partial charge in [0.1, 0.15) is 22.4 Å². The van der Waals surface area contributed by atoms with E-state index in [0.717, 1.165) is 51.3 Å². The molecule has 33 heavy (non-hydrogen) atoms. The van der Waals surface area contributed by atoms with Crippen LogP contribution in [-0.2, 0) is 37.4 Å². The zero-order chi connectivity index (χ0) is 23.9. The van der Waals surface area contributed by atoms with Crippen LogP contribution in [-0.4, -0.2) is 20.0 Å². The lowest BCUT2D eigenvalue weighted by molar-refractivity contribution is -0.141. The van der Waals surface area contributed by atoms with E-state index in [2.05, 4.69) is 16.4 Å². The average Bonchev–Trinajstić information content (AvgIpc) is 3.13. The van der Waals surface area contributed by atoms with Crippen molar-refractivity contribution in [2.45, 2.75) is 44.8 Å². The molecule has 0 saturated heterocycles. The van der Waals surface area contributed by atoms with E-state index in [-0.39, 0.29) is 24.0 Å². The van der Waals surface area contributed by atoms with Crippen molar-refractivity contribution >= 4 is 33.3 Å². The second-order valence-corrected chi connectivity index (χ2v) is 8.79. The van der Waals surface area contributed by atoms with Crippen molar-refractivity contribution < 1.29 is 18.0 Å². The van der Waals surface area contributed by atoms with Gasteiger partial charge >= 0.3 is 11.9 Å². The fraction of sp³-hybridized carbons (Fsp3) is 0.381. The van der Waals surface area contributed by atoms with Crippen LogP contribution in [0.15, 0.2) is 21.7 Å². The normalized spacial score (nSPS) is 13.5. The molecule has 0 atom stereocenters. The van der Waals surface area contributed by atoms with Gasteiger partial charge in [0.15, 0.2) is 0 Å². The van der Waals surface area contributed by atoms with Crippen LogP contribution in [0.1, 0.15) is 41.0 Å². The van der Waals surface area contributed by atoms with Crippen LogP contribution in [0.5, 0.6) is 0 Å². The zero-order valence-electron chi connectivity index (χ0n) is 17.5. The first-order valence-electron chi connectivity index (χ1n) is 10.1. The summed E-state index contributed by atoms with van der Waals surface area (Å²) in [6.45, 7) is -0.277. The van der Waals surface area contributed by atoms with Crippen molar-refractivity contribution in [2.75, 3.05) is 5.32 Å². The highest BCUT2D eigenvalue weighted by Crippen LogP contribution is 2.37. The topological polar surface area (TPSA) is 110 Å². The largest absolute Gasteiger partial charge is 0.433 e. The summed E-state index contributed by atoms with van der Waals surface area (Å²) in [6, 6.07) is 3.79. The Hall–Kier alpha value is -3.46. The Morgan fingerprint density at radius 3 is 2.70 bits per heavy atom. The fourth-order valence-corrected chi connectivity index (χ4v) is 5.16. The predicted molar refractivity (Wildman–Crippen MR) is 115 cm³/mol. The van der Waals surface area contributed by atoms with Gasteiger partial charge in [-0.2, -0.15) is 18.4 Å². The van der Waals surface area contributed by atoms with Gasteiger partial charge in [0.05, 0.1) is 10.9 Å². The number of anilines is 1. The summed E-state index contributed by atoms with van der Waals surface area (Å²) in [6.07, 6.45) is -1.30. The Bertz CT molecular complexity index is 1430. The van der Waals surface area contributed by atoms with E-state index in [1.807, 2.05) is 0 Å². The van der Waals surface area contributed by atoms with E-state index in [1.165, 1.54) is 18.4 Å². The third-order valence-electron chi connectivity index (χ3n) is 5.58. The summed E-state index contributed by atoms with van der Waals surface area (Å²) < 4.78 is 40.5. The number of nitrogens with one attached hydrogen (secondary N) is 1. The van der Waals surface area contributed by atoms with Crippen molar-refractivity contribution in [2.24, 2.45) is 7.05 Å². The summed E-state index contributed by atoms with van der Waals surface area (Å²) in [5, 5.41) is 12.5. The number of rotatable bonds is 4. The maximum Gasteiger partial charge on any atom is 0.433 e. The highest BCUT2D eigenvalue weighted by molar-refractivity contribution is 7.16. The summed E-state index contributed by atoms with van der Waals surface area (Å²) in [5.41, 5.74) is -1.89. The maximum absolute atomic E-state index is 12.9. The van der Waals surface area contributed by atoms with E-state index in [9.17, 15) is 32.8 Å². The number of nitrogens with zero attached hydrogens (tertiary/aromatic N) is 4. The van der Waals surface area contributed by atoms with Crippen LogP contribution >= 0.6 is 11.3 Å². The lowest BCUT2D eigenvalue weighted by Crippen LogP contribution is -2.40. The number of hydrogen-bond acceptors (Lipinski definition) is 6. The van der Waals surface area contributed by atoms with Gasteiger partial charge in [-0.3, -0.25) is 18.7 Å². The van der Waals surface area contributed by atoms with E-state index in [4.69, 9.17) is 0 Å². The van der Waals surface area contributed by atoms with Gasteiger partial charge in [-0.05, 0) is 43.4 Å². The van der Waals surface area contributed by atoms with Crippen molar-refractivity contribution in [3.63, 3.8) is 0 Å². The number of pyridine rings is 1. The molecule has 8 nitrogen and oxygen atoms in total. The molecule has 12 heteroatoms. The van der Waals surface area contributed by atoms with E-state index < -0.39 is 29.0 Å². The number of thiophene rings is 1. The molecule has 1 aliphatic rings.